The Morgan fingerprint density at radius 3 is 2.74 bits per heavy atom. The summed E-state index contributed by atoms with van der Waals surface area (Å²) in [7, 11) is 0. The Morgan fingerprint density at radius 2 is 2.03 bits per heavy atom. The molecule has 2 amide bonds. The summed E-state index contributed by atoms with van der Waals surface area (Å²) in [6, 6.07) is -0.841. The van der Waals surface area contributed by atoms with Crippen LogP contribution in [0.2, 0.25) is 0 Å². The van der Waals surface area contributed by atoms with Gasteiger partial charge in [0.1, 0.15) is 22.7 Å². The van der Waals surface area contributed by atoms with Gasteiger partial charge in [-0.3, -0.25) is 19.6 Å². The van der Waals surface area contributed by atoms with Crippen molar-refractivity contribution in [2.45, 2.75) is 78.0 Å². The van der Waals surface area contributed by atoms with Crippen LogP contribution in [0.3, 0.4) is 0 Å². The highest BCUT2D eigenvalue weighted by Crippen LogP contribution is 2.33. The minimum absolute atomic E-state index is 0.0104. The summed E-state index contributed by atoms with van der Waals surface area (Å²) in [5.74, 6) is -0.263. The van der Waals surface area contributed by atoms with Gasteiger partial charge in [0.05, 0.1) is 18.7 Å². The van der Waals surface area contributed by atoms with Crippen molar-refractivity contribution in [1.82, 2.24) is 10.6 Å². The average Bonchev–Trinajstić information content (AvgIpc) is 3.39. The fourth-order valence-corrected chi connectivity index (χ4v) is 4.92. The number of amides is 2. The standard InChI is InChI=1S/C25H36N4O4S/c1-15(2)8-6-7-9-18-12-20(30)26-13-17-10-11-19(27-17)22-29-25(5,14-34-22)24(32)28-21(16(3)4)23(31)33-18/h7,9,11,15-16,18,21H,6,8,10,12-14H2,1-5H3,(H,26,30)(H,28,32)/b9-7+/t18-,21+,25+/m1/s1. The van der Waals surface area contributed by atoms with E-state index in [0.29, 0.717) is 29.7 Å². The average molecular weight is 489 g/mol. The van der Waals surface area contributed by atoms with Crippen LogP contribution in [0.5, 0.6) is 0 Å². The zero-order valence-corrected chi connectivity index (χ0v) is 21.5. The summed E-state index contributed by atoms with van der Waals surface area (Å²) in [6.07, 6.45) is 7.46. The van der Waals surface area contributed by atoms with Crippen LogP contribution in [-0.4, -0.2) is 58.5 Å². The van der Waals surface area contributed by atoms with Crippen molar-refractivity contribution in [2.75, 3.05) is 12.3 Å². The number of hydrogen-bond acceptors (Lipinski definition) is 7. The Kier molecular flexibility index (Phi) is 8.73. The number of carbonyl (C=O) groups is 3. The van der Waals surface area contributed by atoms with Gasteiger partial charge in [-0.1, -0.05) is 39.8 Å². The molecule has 0 radical (unpaired) electrons. The van der Waals surface area contributed by atoms with Crippen LogP contribution in [0.15, 0.2) is 33.9 Å². The third kappa shape index (κ3) is 6.81. The third-order valence-corrected chi connectivity index (χ3v) is 7.25. The summed E-state index contributed by atoms with van der Waals surface area (Å²) in [5, 5.41) is 6.46. The number of hydrogen-bond donors (Lipinski definition) is 2. The van der Waals surface area contributed by atoms with Crippen molar-refractivity contribution in [3.8, 4) is 0 Å². The first-order valence-electron chi connectivity index (χ1n) is 12.0. The van der Waals surface area contributed by atoms with E-state index in [4.69, 9.17) is 4.74 Å². The van der Waals surface area contributed by atoms with Gasteiger partial charge in [0.15, 0.2) is 0 Å². The van der Waals surface area contributed by atoms with Gasteiger partial charge in [-0.2, -0.15) is 0 Å². The number of esters is 1. The monoisotopic (exact) mass is 488 g/mol. The van der Waals surface area contributed by atoms with Gasteiger partial charge >= 0.3 is 5.97 Å². The molecule has 3 rings (SSSR count). The third-order valence-electron chi connectivity index (χ3n) is 5.97. The molecule has 0 aromatic rings. The lowest BCUT2D eigenvalue weighted by atomic mass is 10.0. The lowest BCUT2D eigenvalue weighted by Crippen LogP contribution is -2.53. The van der Waals surface area contributed by atoms with E-state index < -0.39 is 23.7 Å². The summed E-state index contributed by atoms with van der Waals surface area (Å²) >= 11 is 1.48. The highest BCUT2D eigenvalue weighted by molar-refractivity contribution is 8.14. The predicted octanol–water partition coefficient (Wildman–Crippen LogP) is 3.18. The van der Waals surface area contributed by atoms with Gasteiger partial charge in [0, 0.05) is 17.9 Å². The molecule has 2 N–H and O–H groups in total. The fourth-order valence-electron chi connectivity index (χ4n) is 3.77. The Bertz CT molecular complexity index is 937. The molecule has 3 aliphatic heterocycles. The molecule has 0 saturated heterocycles. The van der Waals surface area contributed by atoms with E-state index >= 15 is 0 Å². The van der Waals surface area contributed by atoms with Crippen molar-refractivity contribution in [1.29, 1.82) is 0 Å². The van der Waals surface area contributed by atoms with Gasteiger partial charge in [0.25, 0.3) is 0 Å². The number of rotatable bonds is 5. The number of aliphatic imine (C=N–C) groups is 2. The summed E-state index contributed by atoms with van der Waals surface area (Å²) in [5.41, 5.74) is 0.579. The molecule has 0 aromatic carbocycles. The maximum absolute atomic E-state index is 13.2. The molecular weight excluding hydrogens is 452 g/mol. The number of nitrogens with zero attached hydrogens (tertiary/aromatic N) is 2. The molecule has 0 aliphatic carbocycles. The van der Waals surface area contributed by atoms with E-state index in [1.165, 1.54) is 11.8 Å². The van der Waals surface area contributed by atoms with E-state index in [-0.39, 0.29) is 24.2 Å². The molecule has 0 unspecified atom stereocenters. The van der Waals surface area contributed by atoms with E-state index in [0.717, 1.165) is 24.3 Å². The second-order valence-corrected chi connectivity index (χ2v) is 11.0. The van der Waals surface area contributed by atoms with E-state index in [2.05, 4.69) is 34.5 Å². The first-order chi connectivity index (χ1) is 16.1. The predicted molar refractivity (Wildman–Crippen MR) is 136 cm³/mol. The summed E-state index contributed by atoms with van der Waals surface area (Å²) in [6.45, 7) is 10.1. The van der Waals surface area contributed by atoms with Crippen molar-refractivity contribution >= 4 is 40.3 Å². The molecule has 34 heavy (non-hydrogen) atoms. The van der Waals surface area contributed by atoms with Crippen LogP contribution >= 0.6 is 11.8 Å². The molecule has 3 heterocycles. The highest BCUT2D eigenvalue weighted by Gasteiger charge is 2.42. The zero-order chi connectivity index (χ0) is 24.9. The van der Waals surface area contributed by atoms with Gasteiger partial charge in [-0.15, -0.1) is 11.8 Å². The SMILES string of the molecule is CC(C)CC/C=C/[C@@H]1CC(=O)NCC2=NC(=CC2)C2=N[C@@](C)(CS2)C(=O)N[C@@H](C(C)C)C(=O)O1. The van der Waals surface area contributed by atoms with E-state index in [1.807, 2.05) is 26.0 Å². The van der Waals surface area contributed by atoms with Crippen LogP contribution in [0.4, 0.5) is 0 Å². The quantitative estimate of drug-likeness (QED) is 0.456. The lowest BCUT2D eigenvalue weighted by Gasteiger charge is -2.27. The summed E-state index contributed by atoms with van der Waals surface area (Å²) < 4.78 is 5.74. The number of ether oxygens (including phenoxy) is 1. The molecule has 0 saturated carbocycles. The molecule has 3 aliphatic rings. The van der Waals surface area contributed by atoms with Crippen molar-refractivity contribution < 1.29 is 19.1 Å². The number of thioether (sulfide) groups is 1. The van der Waals surface area contributed by atoms with Gasteiger partial charge < -0.3 is 15.4 Å². The first kappa shape index (κ1) is 26.2. The molecule has 186 valence electrons. The maximum atomic E-state index is 13.2. The number of fused-ring (bicyclic) bond motifs is 3. The van der Waals surface area contributed by atoms with E-state index in [9.17, 15) is 14.4 Å². The normalized spacial score (nSPS) is 28.6. The Morgan fingerprint density at radius 1 is 1.26 bits per heavy atom. The van der Waals surface area contributed by atoms with Crippen LogP contribution in [0.1, 0.15) is 60.3 Å². The maximum Gasteiger partial charge on any atom is 0.329 e. The lowest BCUT2D eigenvalue weighted by molar-refractivity contribution is -0.153. The van der Waals surface area contributed by atoms with Crippen LogP contribution < -0.4 is 10.6 Å². The number of carbonyl (C=O) groups excluding carboxylic acids is 3. The van der Waals surface area contributed by atoms with Crippen molar-refractivity contribution in [3.05, 3.63) is 23.9 Å². The highest BCUT2D eigenvalue weighted by atomic mass is 32.2. The van der Waals surface area contributed by atoms with Gasteiger partial charge in [-0.05, 0) is 37.7 Å². The Labute approximate surface area is 206 Å². The molecule has 4 bridgehead atoms. The van der Waals surface area contributed by atoms with Crippen LogP contribution in [0.25, 0.3) is 0 Å². The zero-order valence-electron chi connectivity index (χ0n) is 20.7. The molecule has 9 heteroatoms. The largest absolute Gasteiger partial charge is 0.456 e. The van der Waals surface area contributed by atoms with Gasteiger partial charge in [0.2, 0.25) is 11.8 Å². The molecular formula is C25H36N4O4S. The Hall–Kier alpha value is -2.42. The number of allylic oxidation sites excluding steroid dienone is 2. The number of nitrogens with one attached hydrogen (secondary N) is 2. The number of cyclic esters (lactones) is 1. The van der Waals surface area contributed by atoms with Crippen molar-refractivity contribution in [3.63, 3.8) is 0 Å². The topological polar surface area (TPSA) is 109 Å². The second-order valence-electron chi connectivity index (χ2n) is 10.0. The summed E-state index contributed by atoms with van der Waals surface area (Å²) in [4.78, 5) is 48.2. The second kappa shape index (κ2) is 11.3. The first-order valence-corrected chi connectivity index (χ1v) is 13.0. The van der Waals surface area contributed by atoms with Crippen LogP contribution in [-0.2, 0) is 19.1 Å². The minimum Gasteiger partial charge on any atom is -0.456 e. The molecule has 3 atom stereocenters. The van der Waals surface area contributed by atoms with Gasteiger partial charge in [-0.25, -0.2) is 4.79 Å². The van der Waals surface area contributed by atoms with Crippen molar-refractivity contribution in [2.24, 2.45) is 21.8 Å². The molecule has 0 fully saturated rings. The molecule has 0 aromatic heterocycles. The fraction of sp³-hybridized carbons (Fsp3) is 0.640. The minimum atomic E-state index is -0.992. The molecule has 0 spiro atoms. The van der Waals surface area contributed by atoms with E-state index in [1.54, 1.807) is 13.0 Å². The Balaban J connectivity index is 1.86. The molecule has 8 nitrogen and oxygen atoms in total. The van der Waals surface area contributed by atoms with Crippen LogP contribution in [0, 0.1) is 11.8 Å². The smallest absolute Gasteiger partial charge is 0.329 e.